The third-order valence-corrected chi connectivity index (χ3v) is 4.81. The Bertz CT molecular complexity index is 256. The molecule has 0 aromatic rings. The summed E-state index contributed by atoms with van der Waals surface area (Å²) in [5.41, 5.74) is 0.874. The number of nitrogens with one attached hydrogen (secondary N) is 1. The molecule has 100 valence electrons. The fraction of sp³-hybridized carbons (Fsp3) is 1.00. The molecule has 1 N–H and O–H groups in total. The van der Waals surface area contributed by atoms with Crippen molar-refractivity contribution in [3.63, 3.8) is 0 Å². The molecule has 0 saturated carbocycles. The van der Waals surface area contributed by atoms with Crippen LogP contribution in [0.25, 0.3) is 0 Å². The van der Waals surface area contributed by atoms with Crippen molar-refractivity contribution in [1.29, 1.82) is 0 Å². The molecule has 17 heavy (non-hydrogen) atoms. The highest BCUT2D eigenvalue weighted by Gasteiger charge is 2.35. The topological polar surface area (TPSA) is 18.5 Å². The first kappa shape index (κ1) is 13.3. The van der Waals surface area contributed by atoms with Crippen LogP contribution >= 0.6 is 0 Å². The molecule has 0 radical (unpaired) electrons. The van der Waals surface area contributed by atoms with E-state index in [9.17, 15) is 0 Å². The molecule has 0 aliphatic carbocycles. The normalized spacial score (nSPS) is 30.4. The lowest BCUT2D eigenvalue weighted by Crippen LogP contribution is -2.59. The SMILES string of the molecule is CN1CCN(CC2(C)CCNCC2)CC1(C)C. The molecule has 0 aromatic carbocycles. The van der Waals surface area contributed by atoms with E-state index in [0.29, 0.717) is 11.0 Å². The summed E-state index contributed by atoms with van der Waals surface area (Å²) in [6.45, 7) is 14.6. The number of hydrogen-bond acceptors (Lipinski definition) is 3. The molecule has 2 fully saturated rings. The summed E-state index contributed by atoms with van der Waals surface area (Å²) in [6, 6.07) is 0. The smallest absolute Gasteiger partial charge is 0.0277 e. The summed E-state index contributed by atoms with van der Waals surface area (Å²) in [5.74, 6) is 0. The summed E-state index contributed by atoms with van der Waals surface area (Å²) >= 11 is 0. The van der Waals surface area contributed by atoms with Crippen LogP contribution in [0.2, 0.25) is 0 Å². The summed E-state index contributed by atoms with van der Waals surface area (Å²) < 4.78 is 0. The summed E-state index contributed by atoms with van der Waals surface area (Å²) in [4.78, 5) is 5.18. The van der Waals surface area contributed by atoms with Crippen molar-refractivity contribution in [2.75, 3.05) is 46.3 Å². The van der Waals surface area contributed by atoms with Crippen LogP contribution in [0.4, 0.5) is 0 Å². The molecule has 3 heteroatoms. The highest BCUT2D eigenvalue weighted by molar-refractivity contribution is 4.91. The molecular weight excluding hydrogens is 210 g/mol. The minimum absolute atomic E-state index is 0.335. The second-order valence-electron chi connectivity index (χ2n) is 7.01. The van der Waals surface area contributed by atoms with E-state index >= 15 is 0 Å². The van der Waals surface area contributed by atoms with Gasteiger partial charge in [-0.1, -0.05) is 6.92 Å². The van der Waals surface area contributed by atoms with Gasteiger partial charge in [0.15, 0.2) is 0 Å². The molecule has 0 unspecified atom stereocenters. The summed E-state index contributed by atoms with van der Waals surface area (Å²) in [6.07, 6.45) is 2.67. The van der Waals surface area contributed by atoms with Crippen molar-refractivity contribution in [3.8, 4) is 0 Å². The zero-order chi connectivity index (χ0) is 12.5. The van der Waals surface area contributed by atoms with Gasteiger partial charge in [-0.3, -0.25) is 9.80 Å². The van der Waals surface area contributed by atoms with Crippen LogP contribution < -0.4 is 5.32 Å². The van der Waals surface area contributed by atoms with E-state index in [2.05, 4.69) is 42.9 Å². The van der Waals surface area contributed by atoms with E-state index in [4.69, 9.17) is 0 Å². The van der Waals surface area contributed by atoms with Gasteiger partial charge in [0.25, 0.3) is 0 Å². The van der Waals surface area contributed by atoms with E-state index < -0.39 is 0 Å². The van der Waals surface area contributed by atoms with Crippen LogP contribution in [0, 0.1) is 5.41 Å². The second-order valence-corrected chi connectivity index (χ2v) is 7.01. The number of hydrogen-bond donors (Lipinski definition) is 1. The average molecular weight is 239 g/mol. The highest BCUT2D eigenvalue weighted by atomic mass is 15.3. The first-order chi connectivity index (χ1) is 7.91. The maximum atomic E-state index is 3.47. The van der Waals surface area contributed by atoms with Crippen LogP contribution in [0.1, 0.15) is 33.6 Å². The fourth-order valence-electron chi connectivity index (χ4n) is 3.20. The lowest BCUT2D eigenvalue weighted by atomic mass is 9.80. The predicted octanol–water partition coefficient (Wildman–Crippen LogP) is 1.40. The number of rotatable bonds is 2. The molecule has 2 saturated heterocycles. The molecule has 2 aliphatic rings. The van der Waals surface area contributed by atoms with Crippen molar-refractivity contribution in [2.24, 2.45) is 5.41 Å². The average Bonchev–Trinajstić information content (AvgIpc) is 2.24. The Morgan fingerprint density at radius 3 is 2.29 bits per heavy atom. The van der Waals surface area contributed by atoms with Gasteiger partial charge in [0, 0.05) is 31.7 Å². The van der Waals surface area contributed by atoms with E-state index in [1.807, 2.05) is 0 Å². The Morgan fingerprint density at radius 1 is 1.06 bits per heavy atom. The van der Waals surface area contributed by atoms with E-state index in [1.165, 1.54) is 52.1 Å². The Labute approximate surface area is 107 Å². The first-order valence-corrected chi connectivity index (χ1v) is 7.06. The van der Waals surface area contributed by atoms with Gasteiger partial charge in [-0.2, -0.15) is 0 Å². The van der Waals surface area contributed by atoms with Crippen molar-refractivity contribution in [2.45, 2.75) is 39.2 Å². The highest BCUT2D eigenvalue weighted by Crippen LogP contribution is 2.30. The lowest BCUT2D eigenvalue weighted by molar-refractivity contribution is 0.0128. The van der Waals surface area contributed by atoms with Gasteiger partial charge in [-0.25, -0.2) is 0 Å². The van der Waals surface area contributed by atoms with Crippen molar-refractivity contribution >= 4 is 0 Å². The molecule has 0 atom stereocenters. The molecule has 0 bridgehead atoms. The minimum atomic E-state index is 0.335. The van der Waals surface area contributed by atoms with Gasteiger partial charge in [-0.05, 0) is 52.2 Å². The zero-order valence-electron chi connectivity index (χ0n) is 12.1. The van der Waals surface area contributed by atoms with Crippen molar-refractivity contribution in [3.05, 3.63) is 0 Å². The second kappa shape index (κ2) is 4.87. The van der Waals surface area contributed by atoms with Gasteiger partial charge >= 0.3 is 0 Å². The van der Waals surface area contributed by atoms with Gasteiger partial charge in [0.1, 0.15) is 0 Å². The quantitative estimate of drug-likeness (QED) is 0.786. The van der Waals surface area contributed by atoms with E-state index in [-0.39, 0.29) is 0 Å². The molecule has 0 spiro atoms. The molecule has 0 aromatic heterocycles. The molecule has 3 nitrogen and oxygen atoms in total. The Morgan fingerprint density at radius 2 is 1.71 bits per heavy atom. The monoisotopic (exact) mass is 239 g/mol. The predicted molar refractivity (Wildman–Crippen MR) is 73.4 cm³/mol. The largest absolute Gasteiger partial charge is 0.317 e. The summed E-state index contributed by atoms with van der Waals surface area (Å²) in [5, 5.41) is 3.47. The van der Waals surface area contributed by atoms with Gasteiger partial charge in [0.05, 0.1) is 0 Å². The van der Waals surface area contributed by atoms with Crippen LogP contribution in [0.3, 0.4) is 0 Å². The lowest BCUT2D eigenvalue weighted by Gasteiger charge is -2.48. The number of piperidine rings is 1. The molecule has 2 aliphatic heterocycles. The van der Waals surface area contributed by atoms with Gasteiger partial charge in [-0.15, -0.1) is 0 Å². The third-order valence-electron chi connectivity index (χ3n) is 4.81. The third kappa shape index (κ3) is 3.21. The maximum absolute atomic E-state index is 3.47. The zero-order valence-corrected chi connectivity index (χ0v) is 12.1. The minimum Gasteiger partial charge on any atom is -0.317 e. The van der Waals surface area contributed by atoms with E-state index in [1.54, 1.807) is 0 Å². The molecule has 2 heterocycles. The number of likely N-dealkylation sites (N-methyl/N-ethyl adjacent to an activating group) is 1. The number of piperazine rings is 1. The van der Waals surface area contributed by atoms with Crippen molar-refractivity contribution < 1.29 is 0 Å². The summed E-state index contributed by atoms with van der Waals surface area (Å²) in [7, 11) is 2.25. The van der Waals surface area contributed by atoms with Crippen molar-refractivity contribution in [1.82, 2.24) is 15.1 Å². The Kier molecular flexibility index (Phi) is 3.81. The Hall–Kier alpha value is -0.120. The molecule has 0 amide bonds. The standard InChI is InChI=1S/C14H29N3/c1-13(2)11-17(10-9-16(13)4)12-14(3)5-7-15-8-6-14/h15H,5-12H2,1-4H3. The Balaban J connectivity index is 1.91. The van der Waals surface area contributed by atoms with Gasteiger partial charge in [0.2, 0.25) is 0 Å². The maximum Gasteiger partial charge on any atom is 0.0277 e. The molecular formula is C14H29N3. The van der Waals surface area contributed by atoms with Crippen LogP contribution in [-0.2, 0) is 0 Å². The molecule has 2 rings (SSSR count). The van der Waals surface area contributed by atoms with Gasteiger partial charge < -0.3 is 5.32 Å². The van der Waals surface area contributed by atoms with Crippen LogP contribution in [0.5, 0.6) is 0 Å². The fourth-order valence-corrected chi connectivity index (χ4v) is 3.20. The van der Waals surface area contributed by atoms with Crippen LogP contribution in [0.15, 0.2) is 0 Å². The first-order valence-electron chi connectivity index (χ1n) is 7.06. The van der Waals surface area contributed by atoms with Crippen LogP contribution in [-0.4, -0.2) is 61.7 Å². The number of nitrogens with zero attached hydrogens (tertiary/aromatic N) is 2. The van der Waals surface area contributed by atoms with E-state index in [0.717, 1.165) is 0 Å².